The monoisotopic (exact) mass is 313 g/mol. The third-order valence-electron chi connectivity index (χ3n) is 3.22. The van der Waals surface area contributed by atoms with Crippen LogP contribution < -0.4 is 0 Å². The van der Waals surface area contributed by atoms with Crippen LogP contribution in [0.1, 0.15) is 29.3 Å². The number of hydrogen-bond donors (Lipinski definition) is 2. The van der Waals surface area contributed by atoms with Crippen LogP contribution in [0.15, 0.2) is 22.7 Å². The number of carboxylic acids is 1. The first-order chi connectivity index (χ1) is 8.37. The first kappa shape index (κ1) is 13.5. The van der Waals surface area contributed by atoms with Crippen LogP contribution in [0.5, 0.6) is 0 Å². The van der Waals surface area contributed by atoms with Gasteiger partial charge in [0, 0.05) is 24.1 Å². The summed E-state index contributed by atoms with van der Waals surface area (Å²) >= 11 is 3.40. The van der Waals surface area contributed by atoms with E-state index in [1.165, 1.54) is 0 Å². The summed E-state index contributed by atoms with van der Waals surface area (Å²) in [4.78, 5) is 13.0. The van der Waals surface area contributed by atoms with E-state index in [0.717, 1.165) is 29.5 Å². The maximum absolute atomic E-state index is 10.8. The number of nitrogens with zero attached hydrogens (tertiary/aromatic N) is 1. The SMILES string of the molecule is CC1(O)CCN(Cc2ccc(C(=O)O)cc2Br)C1. The van der Waals surface area contributed by atoms with Gasteiger partial charge in [-0.15, -0.1) is 0 Å². The van der Waals surface area contributed by atoms with Crippen LogP contribution in [0.4, 0.5) is 0 Å². The van der Waals surface area contributed by atoms with Crippen LogP contribution in [0.25, 0.3) is 0 Å². The Morgan fingerprint density at radius 3 is 2.78 bits per heavy atom. The Balaban J connectivity index is 2.09. The highest BCUT2D eigenvalue weighted by Crippen LogP contribution is 2.25. The summed E-state index contributed by atoms with van der Waals surface area (Å²) in [6.45, 7) is 4.08. The number of hydrogen-bond acceptors (Lipinski definition) is 3. The highest BCUT2D eigenvalue weighted by molar-refractivity contribution is 9.10. The molecule has 4 nitrogen and oxygen atoms in total. The van der Waals surface area contributed by atoms with Crippen molar-refractivity contribution in [2.75, 3.05) is 13.1 Å². The maximum atomic E-state index is 10.8. The second kappa shape index (κ2) is 4.99. The average molecular weight is 314 g/mol. The molecule has 0 spiro atoms. The Bertz CT molecular complexity index is 473. The number of carboxylic acid groups (broad SMARTS) is 1. The predicted octanol–water partition coefficient (Wildman–Crippen LogP) is 2.10. The first-order valence-electron chi connectivity index (χ1n) is 5.84. The molecule has 1 aliphatic rings. The average Bonchev–Trinajstić information content (AvgIpc) is 2.61. The summed E-state index contributed by atoms with van der Waals surface area (Å²) < 4.78 is 0.800. The Kier molecular flexibility index (Phi) is 3.75. The number of β-amino-alcohol motifs (C(OH)–C–C–N with tert-alkyl or cyclic N) is 1. The van der Waals surface area contributed by atoms with Crippen molar-refractivity contribution in [3.05, 3.63) is 33.8 Å². The molecule has 1 heterocycles. The quantitative estimate of drug-likeness (QED) is 0.897. The second-order valence-corrected chi connectivity index (χ2v) is 5.92. The van der Waals surface area contributed by atoms with Gasteiger partial charge < -0.3 is 10.2 Å². The summed E-state index contributed by atoms with van der Waals surface area (Å²) in [6, 6.07) is 5.04. The van der Waals surface area contributed by atoms with Crippen molar-refractivity contribution < 1.29 is 15.0 Å². The highest BCUT2D eigenvalue weighted by Gasteiger charge is 2.31. The highest BCUT2D eigenvalue weighted by atomic mass is 79.9. The zero-order valence-corrected chi connectivity index (χ0v) is 11.8. The van der Waals surface area contributed by atoms with Crippen LogP contribution in [-0.4, -0.2) is 39.8 Å². The molecule has 0 amide bonds. The van der Waals surface area contributed by atoms with Gasteiger partial charge in [-0.05, 0) is 31.0 Å². The van der Waals surface area contributed by atoms with Crippen molar-refractivity contribution in [2.45, 2.75) is 25.5 Å². The Labute approximate surface area is 114 Å². The molecule has 0 radical (unpaired) electrons. The number of halogens is 1. The van der Waals surface area contributed by atoms with Gasteiger partial charge in [0.15, 0.2) is 0 Å². The minimum Gasteiger partial charge on any atom is -0.478 e. The van der Waals surface area contributed by atoms with Gasteiger partial charge in [0.2, 0.25) is 0 Å². The molecule has 98 valence electrons. The van der Waals surface area contributed by atoms with Crippen molar-refractivity contribution in [3.63, 3.8) is 0 Å². The van der Waals surface area contributed by atoms with Crippen LogP contribution >= 0.6 is 15.9 Å². The topological polar surface area (TPSA) is 60.8 Å². The zero-order valence-electron chi connectivity index (χ0n) is 10.2. The summed E-state index contributed by atoms with van der Waals surface area (Å²) in [6.07, 6.45) is 0.776. The van der Waals surface area contributed by atoms with E-state index < -0.39 is 11.6 Å². The molecule has 2 N–H and O–H groups in total. The fourth-order valence-electron chi connectivity index (χ4n) is 2.22. The molecule has 18 heavy (non-hydrogen) atoms. The molecule has 0 aliphatic carbocycles. The van der Waals surface area contributed by atoms with Gasteiger partial charge in [-0.25, -0.2) is 4.79 Å². The van der Waals surface area contributed by atoms with Gasteiger partial charge in [-0.1, -0.05) is 22.0 Å². The summed E-state index contributed by atoms with van der Waals surface area (Å²) in [5, 5.41) is 18.8. The van der Waals surface area contributed by atoms with Gasteiger partial charge in [-0.2, -0.15) is 0 Å². The molecule has 1 atom stereocenters. The smallest absolute Gasteiger partial charge is 0.335 e. The van der Waals surface area contributed by atoms with Gasteiger partial charge in [0.1, 0.15) is 0 Å². The van der Waals surface area contributed by atoms with Crippen molar-refractivity contribution in [3.8, 4) is 0 Å². The van der Waals surface area contributed by atoms with Gasteiger partial charge in [-0.3, -0.25) is 4.90 Å². The Morgan fingerprint density at radius 2 is 2.28 bits per heavy atom. The van der Waals surface area contributed by atoms with Crippen LogP contribution in [0, 0.1) is 0 Å². The molecule has 0 bridgehead atoms. The predicted molar refractivity (Wildman–Crippen MR) is 71.6 cm³/mol. The molecule has 1 aromatic rings. The molecule has 0 aromatic heterocycles. The molecule has 1 saturated heterocycles. The third-order valence-corrected chi connectivity index (χ3v) is 3.96. The lowest BCUT2D eigenvalue weighted by Crippen LogP contribution is -2.29. The van der Waals surface area contributed by atoms with Crippen molar-refractivity contribution in [1.29, 1.82) is 0 Å². The number of benzene rings is 1. The molecule has 1 aromatic carbocycles. The lowest BCUT2D eigenvalue weighted by atomic mass is 10.1. The standard InChI is InChI=1S/C13H16BrNO3/c1-13(18)4-5-15(8-13)7-10-3-2-9(12(16)17)6-11(10)14/h2-3,6,18H,4-5,7-8H2,1H3,(H,16,17). The lowest BCUT2D eigenvalue weighted by molar-refractivity contribution is 0.0677. The first-order valence-corrected chi connectivity index (χ1v) is 6.63. The second-order valence-electron chi connectivity index (χ2n) is 5.07. The molecule has 5 heteroatoms. The summed E-state index contributed by atoms with van der Waals surface area (Å²) in [5.41, 5.74) is 0.713. The van der Waals surface area contributed by atoms with E-state index in [0.29, 0.717) is 6.54 Å². The minimum absolute atomic E-state index is 0.277. The fourth-order valence-corrected chi connectivity index (χ4v) is 2.73. The molecule has 1 aliphatic heterocycles. The van der Waals surface area contributed by atoms with Crippen LogP contribution in [0.3, 0.4) is 0 Å². The number of aliphatic hydroxyl groups is 1. The van der Waals surface area contributed by atoms with E-state index in [9.17, 15) is 9.90 Å². The van der Waals surface area contributed by atoms with Gasteiger partial charge in [0.05, 0.1) is 11.2 Å². The Hall–Kier alpha value is -0.910. The summed E-state index contributed by atoms with van der Waals surface area (Å²) in [5.74, 6) is -0.925. The van der Waals surface area contributed by atoms with E-state index in [2.05, 4.69) is 20.8 Å². The van der Waals surface area contributed by atoms with E-state index in [-0.39, 0.29) is 5.56 Å². The van der Waals surface area contributed by atoms with E-state index in [1.807, 2.05) is 13.0 Å². The van der Waals surface area contributed by atoms with E-state index in [1.54, 1.807) is 12.1 Å². The largest absolute Gasteiger partial charge is 0.478 e. The molecule has 1 unspecified atom stereocenters. The van der Waals surface area contributed by atoms with Crippen molar-refractivity contribution in [2.24, 2.45) is 0 Å². The molecular formula is C13H16BrNO3. The van der Waals surface area contributed by atoms with E-state index in [4.69, 9.17) is 5.11 Å². The molecule has 1 fully saturated rings. The Morgan fingerprint density at radius 1 is 1.56 bits per heavy atom. The van der Waals surface area contributed by atoms with Crippen LogP contribution in [-0.2, 0) is 6.54 Å². The number of aromatic carboxylic acids is 1. The van der Waals surface area contributed by atoms with Gasteiger partial charge >= 0.3 is 5.97 Å². The van der Waals surface area contributed by atoms with Gasteiger partial charge in [0.25, 0.3) is 0 Å². The number of likely N-dealkylation sites (tertiary alicyclic amines) is 1. The van der Waals surface area contributed by atoms with Crippen molar-refractivity contribution >= 4 is 21.9 Å². The lowest BCUT2D eigenvalue weighted by Gasteiger charge is -2.19. The van der Waals surface area contributed by atoms with E-state index >= 15 is 0 Å². The third kappa shape index (κ3) is 3.10. The fraction of sp³-hybridized carbons (Fsp3) is 0.462. The minimum atomic E-state index is -0.925. The normalized spacial score (nSPS) is 24.4. The number of carbonyl (C=O) groups is 1. The summed E-state index contributed by atoms with van der Waals surface area (Å²) in [7, 11) is 0. The zero-order chi connectivity index (χ0) is 13.3. The van der Waals surface area contributed by atoms with Crippen molar-refractivity contribution in [1.82, 2.24) is 4.90 Å². The molecule has 2 rings (SSSR count). The number of rotatable bonds is 3. The van der Waals surface area contributed by atoms with Crippen LogP contribution in [0.2, 0.25) is 0 Å². The maximum Gasteiger partial charge on any atom is 0.335 e. The molecule has 0 saturated carbocycles. The molecular weight excluding hydrogens is 298 g/mol.